The highest BCUT2D eigenvalue weighted by Crippen LogP contribution is 2.35. The fraction of sp³-hybridized carbons (Fsp3) is 0.600. The van der Waals surface area contributed by atoms with E-state index in [9.17, 15) is 8.42 Å². The van der Waals surface area contributed by atoms with Gasteiger partial charge < -0.3 is 10.5 Å². The molecule has 0 aliphatic carbocycles. The monoisotopic (exact) mass is 310 g/mol. The van der Waals surface area contributed by atoms with Gasteiger partial charge in [0.1, 0.15) is 0 Å². The number of aryl methyl sites for hydroxylation is 2. The van der Waals surface area contributed by atoms with Gasteiger partial charge in [-0.1, -0.05) is 6.07 Å². The number of rotatable bonds is 4. The predicted octanol–water partition coefficient (Wildman–Crippen LogP) is 1.36. The second kappa shape index (κ2) is 5.35. The van der Waals surface area contributed by atoms with Crippen molar-refractivity contribution in [3.05, 3.63) is 28.8 Å². The molecule has 2 bridgehead atoms. The molecule has 2 heterocycles. The van der Waals surface area contributed by atoms with Crippen LogP contribution < -0.4 is 10.5 Å². The number of hydrogen-bond donors (Lipinski definition) is 2. The van der Waals surface area contributed by atoms with E-state index in [0.29, 0.717) is 11.4 Å². The first-order chi connectivity index (χ1) is 9.90. The average molecular weight is 310 g/mol. The number of sulfonamides is 1. The van der Waals surface area contributed by atoms with Crippen molar-refractivity contribution in [2.75, 3.05) is 0 Å². The summed E-state index contributed by atoms with van der Waals surface area (Å²) in [5.41, 5.74) is 8.33. The van der Waals surface area contributed by atoms with Crippen LogP contribution in [0.4, 0.5) is 0 Å². The molecule has 0 saturated carbocycles. The molecular formula is C15H22N2O3S. The first-order valence-electron chi connectivity index (χ1n) is 7.38. The van der Waals surface area contributed by atoms with Crippen LogP contribution in [0.2, 0.25) is 0 Å². The molecule has 6 heteroatoms. The quantitative estimate of drug-likeness (QED) is 0.880. The van der Waals surface area contributed by atoms with Crippen molar-refractivity contribution < 1.29 is 13.2 Å². The van der Waals surface area contributed by atoms with Crippen LogP contribution in [0.15, 0.2) is 17.0 Å². The summed E-state index contributed by atoms with van der Waals surface area (Å²) in [4.78, 5) is 0.330. The fourth-order valence-corrected chi connectivity index (χ4v) is 4.96. The molecule has 3 N–H and O–H groups in total. The fourth-order valence-electron chi connectivity index (χ4n) is 3.41. The Hall–Kier alpha value is -0.950. The van der Waals surface area contributed by atoms with Gasteiger partial charge >= 0.3 is 0 Å². The zero-order valence-corrected chi connectivity index (χ0v) is 13.2. The molecule has 0 amide bonds. The molecule has 2 aliphatic rings. The highest BCUT2D eigenvalue weighted by molar-refractivity contribution is 7.89. The molecule has 21 heavy (non-hydrogen) atoms. The van der Waals surface area contributed by atoms with Crippen LogP contribution in [0.5, 0.6) is 0 Å². The van der Waals surface area contributed by atoms with Gasteiger partial charge in [-0.25, -0.2) is 13.1 Å². The van der Waals surface area contributed by atoms with Crippen LogP contribution in [0.25, 0.3) is 0 Å². The normalized spacial score (nSPS) is 28.2. The van der Waals surface area contributed by atoms with Crippen molar-refractivity contribution in [1.29, 1.82) is 0 Å². The van der Waals surface area contributed by atoms with Gasteiger partial charge in [-0.15, -0.1) is 0 Å². The largest absolute Gasteiger partial charge is 0.373 e. The summed E-state index contributed by atoms with van der Waals surface area (Å²) in [6, 6.07) is 3.48. The van der Waals surface area contributed by atoms with Crippen molar-refractivity contribution >= 4 is 10.0 Å². The average Bonchev–Trinajstić information content (AvgIpc) is 3.00. The van der Waals surface area contributed by atoms with Crippen molar-refractivity contribution in [3.63, 3.8) is 0 Å². The van der Waals surface area contributed by atoms with Crippen LogP contribution in [0.1, 0.15) is 36.0 Å². The highest BCUT2D eigenvalue weighted by atomic mass is 32.2. The van der Waals surface area contributed by atoms with E-state index in [1.807, 2.05) is 19.9 Å². The van der Waals surface area contributed by atoms with Gasteiger partial charge in [0.25, 0.3) is 0 Å². The molecule has 5 nitrogen and oxygen atoms in total. The minimum Gasteiger partial charge on any atom is -0.373 e. The third-order valence-electron chi connectivity index (χ3n) is 4.56. The van der Waals surface area contributed by atoms with Gasteiger partial charge in [-0.2, -0.15) is 0 Å². The van der Waals surface area contributed by atoms with Gasteiger partial charge in [0, 0.05) is 6.54 Å². The highest BCUT2D eigenvalue weighted by Gasteiger charge is 2.42. The third kappa shape index (κ3) is 2.73. The summed E-state index contributed by atoms with van der Waals surface area (Å²) in [5.74, 6) is 0. The smallest absolute Gasteiger partial charge is 0.241 e. The van der Waals surface area contributed by atoms with E-state index in [-0.39, 0.29) is 18.2 Å². The van der Waals surface area contributed by atoms with Gasteiger partial charge in [-0.3, -0.25) is 0 Å². The predicted molar refractivity (Wildman–Crippen MR) is 80.4 cm³/mol. The second-order valence-corrected chi connectivity index (χ2v) is 7.77. The standard InChI is InChI=1S/C15H22N2O3S/c1-9-5-10(2)15(6-11(9)8-16)21(18,19)17-13-7-12-3-4-14(13)20-12/h5-6,12-14,17H,3-4,7-8,16H2,1-2H3. The van der Waals surface area contributed by atoms with Gasteiger partial charge in [0.15, 0.2) is 0 Å². The minimum absolute atomic E-state index is 0.0320. The van der Waals surface area contributed by atoms with E-state index in [4.69, 9.17) is 10.5 Å². The Bertz CT molecular complexity index is 657. The number of nitrogens with one attached hydrogen (secondary N) is 1. The Morgan fingerprint density at radius 3 is 2.62 bits per heavy atom. The van der Waals surface area contributed by atoms with Crippen LogP contribution in [0.3, 0.4) is 0 Å². The number of hydrogen-bond acceptors (Lipinski definition) is 4. The van der Waals surface area contributed by atoms with Crippen LogP contribution in [-0.2, 0) is 21.3 Å². The van der Waals surface area contributed by atoms with Crippen LogP contribution in [-0.4, -0.2) is 26.7 Å². The molecule has 116 valence electrons. The van der Waals surface area contributed by atoms with Crippen LogP contribution in [0, 0.1) is 13.8 Å². The molecule has 1 aromatic carbocycles. The molecule has 3 atom stereocenters. The summed E-state index contributed by atoms with van der Waals surface area (Å²) >= 11 is 0. The van der Waals surface area contributed by atoms with Crippen molar-refractivity contribution in [1.82, 2.24) is 4.72 Å². The molecule has 2 saturated heterocycles. The van der Waals surface area contributed by atoms with Gasteiger partial charge in [0.05, 0.1) is 23.1 Å². The van der Waals surface area contributed by atoms with Crippen molar-refractivity contribution in [2.24, 2.45) is 5.73 Å². The summed E-state index contributed by atoms with van der Waals surface area (Å²) in [7, 11) is -3.53. The lowest BCUT2D eigenvalue weighted by Crippen LogP contribution is -2.41. The lowest BCUT2D eigenvalue weighted by molar-refractivity contribution is 0.0996. The summed E-state index contributed by atoms with van der Waals surface area (Å²) in [6.07, 6.45) is 3.02. The van der Waals surface area contributed by atoms with Crippen LogP contribution >= 0.6 is 0 Å². The number of ether oxygens (including phenoxy) is 1. The number of benzene rings is 1. The molecular weight excluding hydrogens is 288 g/mol. The van der Waals surface area contributed by atoms with Gasteiger partial charge in [-0.05, 0) is 55.9 Å². The SMILES string of the molecule is Cc1cc(C)c(S(=O)(=O)NC2CC3CCC2O3)cc1CN. The zero-order chi connectivity index (χ0) is 15.2. The summed E-state index contributed by atoms with van der Waals surface area (Å²) in [5, 5.41) is 0. The van der Waals surface area contributed by atoms with E-state index in [2.05, 4.69) is 4.72 Å². The van der Waals surface area contributed by atoms with Gasteiger partial charge in [0.2, 0.25) is 10.0 Å². The van der Waals surface area contributed by atoms with E-state index >= 15 is 0 Å². The Morgan fingerprint density at radius 2 is 2.05 bits per heavy atom. The molecule has 2 aliphatic heterocycles. The summed E-state index contributed by atoms with van der Waals surface area (Å²) < 4.78 is 33.8. The molecule has 0 aromatic heterocycles. The number of nitrogens with two attached hydrogens (primary N) is 1. The van der Waals surface area contributed by atoms with E-state index in [1.54, 1.807) is 6.07 Å². The summed E-state index contributed by atoms with van der Waals surface area (Å²) in [6.45, 7) is 4.10. The molecule has 3 unspecified atom stereocenters. The maximum atomic E-state index is 12.7. The molecule has 1 aromatic rings. The lowest BCUT2D eigenvalue weighted by atomic mass is 9.96. The topological polar surface area (TPSA) is 81.4 Å². The lowest BCUT2D eigenvalue weighted by Gasteiger charge is -2.21. The third-order valence-corrected chi connectivity index (χ3v) is 6.19. The number of fused-ring (bicyclic) bond motifs is 2. The molecule has 0 radical (unpaired) electrons. The zero-order valence-electron chi connectivity index (χ0n) is 12.4. The van der Waals surface area contributed by atoms with Crippen molar-refractivity contribution in [3.8, 4) is 0 Å². The Morgan fingerprint density at radius 1 is 1.29 bits per heavy atom. The minimum atomic E-state index is -3.53. The van der Waals surface area contributed by atoms with E-state index in [1.165, 1.54) is 0 Å². The Kier molecular flexibility index (Phi) is 3.81. The van der Waals surface area contributed by atoms with E-state index in [0.717, 1.165) is 36.0 Å². The molecule has 2 fully saturated rings. The maximum Gasteiger partial charge on any atom is 0.241 e. The van der Waals surface area contributed by atoms with Crippen molar-refractivity contribution in [2.45, 2.75) is 62.8 Å². The Labute approximate surface area is 125 Å². The molecule has 3 rings (SSSR count). The first-order valence-corrected chi connectivity index (χ1v) is 8.87. The second-order valence-electron chi connectivity index (χ2n) is 6.09. The maximum absolute atomic E-state index is 12.7. The van der Waals surface area contributed by atoms with E-state index < -0.39 is 10.0 Å². The Balaban J connectivity index is 1.88. The first kappa shape index (κ1) is 15.0. The molecule has 0 spiro atoms.